The highest BCUT2D eigenvalue weighted by molar-refractivity contribution is 7.81. The predicted molar refractivity (Wildman–Crippen MR) is 39.8 cm³/mol. The number of aliphatic hydroxyl groups is 3. The van der Waals surface area contributed by atoms with Gasteiger partial charge in [-0.15, -0.1) is 0 Å². The van der Waals surface area contributed by atoms with Gasteiger partial charge in [-0.2, -0.15) is 8.42 Å². The van der Waals surface area contributed by atoms with Crippen molar-refractivity contribution in [2.24, 2.45) is 0 Å². The highest BCUT2D eigenvalue weighted by Gasteiger charge is 2.46. The van der Waals surface area contributed by atoms with Crippen LogP contribution in [0.1, 0.15) is 0 Å². The number of rotatable bonds is 3. The Morgan fingerprint density at radius 1 is 1.43 bits per heavy atom. The van der Waals surface area contributed by atoms with Gasteiger partial charge in [0.2, 0.25) is 0 Å². The molecular weight excluding hydrogens is 220 g/mol. The Morgan fingerprint density at radius 3 is 2.36 bits per heavy atom. The summed E-state index contributed by atoms with van der Waals surface area (Å²) in [5, 5.41) is 26.8. The SMILES string of the molecule is O=S(=O)(O)O[C]1O[C@H](CO)[C@@H](O)[C@H]1O. The Labute approximate surface area is 79.6 Å². The molecule has 3 atom stereocenters. The molecule has 0 aliphatic carbocycles. The first-order valence-corrected chi connectivity index (χ1v) is 4.89. The minimum atomic E-state index is -4.81. The Bertz CT molecular complexity index is 286. The van der Waals surface area contributed by atoms with Crippen LogP contribution in [0.25, 0.3) is 0 Å². The average Bonchev–Trinajstić information content (AvgIpc) is 2.30. The standard InChI is InChI=1S/C5H9O8S/c6-1-2-3(7)4(8)5(12-2)13-14(9,10)11/h2-4,6-8H,1H2,(H,9,10,11)/t2-,3-,4-/m1/s1. The average molecular weight is 229 g/mol. The van der Waals surface area contributed by atoms with Crippen LogP contribution in [0.15, 0.2) is 0 Å². The zero-order valence-corrected chi connectivity index (χ0v) is 7.59. The van der Waals surface area contributed by atoms with Gasteiger partial charge in [0.25, 0.3) is 6.29 Å². The van der Waals surface area contributed by atoms with E-state index in [1.165, 1.54) is 0 Å². The molecule has 8 nitrogen and oxygen atoms in total. The molecule has 1 aliphatic heterocycles. The molecule has 4 N–H and O–H groups in total. The van der Waals surface area contributed by atoms with Crippen LogP contribution in [-0.2, 0) is 19.3 Å². The number of aliphatic hydroxyl groups excluding tert-OH is 3. The monoisotopic (exact) mass is 229 g/mol. The minimum absolute atomic E-state index is 0.628. The molecule has 0 aromatic rings. The Morgan fingerprint density at radius 2 is 2.00 bits per heavy atom. The smallest absolute Gasteiger partial charge is 0.394 e. The van der Waals surface area contributed by atoms with Crippen molar-refractivity contribution in [3.63, 3.8) is 0 Å². The maximum atomic E-state index is 10.2. The molecule has 0 aromatic carbocycles. The van der Waals surface area contributed by atoms with Crippen LogP contribution in [0.4, 0.5) is 0 Å². The van der Waals surface area contributed by atoms with Crippen LogP contribution in [0.3, 0.4) is 0 Å². The Hall–Kier alpha value is -0.290. The van der Waals surface area contributed by atoms with Crippen molar-refractivity contribution in [3.05, 3.63) is 6.29 Å². The molecule has 14 heavy (non-hydrogen) atoms. The van der Waals surface area contributed by atoms with E-state index in [0.29, 0.717) is 0 Å². The lowest BCUT2D eigenvalue weighted by atomic mass is 10.1. The molecule has 0 bridgehead atoms. The second-order valence-corrected chi connectivity index (χ2v) is 3.63. The van der Waals surface area contributed by atoms with Crippen LogP contribution in [0, 0.1) is 6.29 Å². The first kappa shape index (κ1) is 11.8. The lowest BCUT2D eigenvalue weighted by Crippen LogP contribution is -2.32. The van der Waals surface area contributed by atoms with Crippen molar-refractivity contribution < 1.29 is 37.2 Å². The van der Waals surface area contributed by atoms with Gasteiger partial charge in [-0.3, -0.25) is 4.55 Å². The van der Waals surface area contributed by atoms with E-state index in [4.69, 9.17) is 19.9 Å². The molecule has 9 heteroatoms. The maximum absolute atomic E-state index is 10.2. The normalized spacial score (nSPS) is 35.0. The fourth-order valence-corrected chi connectivity index (χ4v) is 1.29. The fourth-order valence-electron chi connectivity index (χ4n) is 0.949. The zero-order valence-electron chi connectivity index (χ0n) is 6.77. The van der Waals surface area contributed by atoms with E-state index >= 15 is 0 Å². The van der Waals surface area contributed by atoms with Gasteiger partial charge in [-0.25, -0.2) is 4.18 Å². The fraction of sp³-hybridized carbons (Fsp3) is 0.800. The second-order valence-electron chi connectivity index (χ2n) is 2.60. The minimum Gasteiger partial charge on any atom is -0.394 e. The molecule has 83 valence electrons. The quantitative estimate of drug-likeness (QED) is 0.387. The summed E-state index contributed by atoms with van der Waals surface area (Å²) in [7, 11) is -4.81. The lowest BCUT2D eigenvalue weighted by Gasteiger charge is -2.10. The van der Waals surface area contributed by atoms with E-state index in [0.717, 1.165) is 0 Å². The summed E-state index contributed by atoms with van der Waals surface area (Å²) < 4.78 is 37.0. The molecule has 1 saturated heterocycles. The lowest BCUT2D eigenvalue weighted by molar-refractivity contribution is -0.0342. The molecular formula is C5H9O8S. The summed E-state index contributed by atoms with van der Waals surface area (Å²) in [6.07, 6.45) is -5.27. The molecule has 1 fully saturated rings. The van der Waals surface area contributed by atoms with E-state index in [9.17, 15) is 8.42 Å². The molecule has 0 aromatic heterocycles. The van der Waals surface area contributed by atoms with Gasteiger partial charge in [0, 0.05) is 0 Å². The molecule has 1 radical (unpaired) electrons. The van der Waals surface area contributed by atoms with Gasteiger partial charge in [0.05, 0.1) is 6.61 Å². The third kappa shape index (κ3) is 2.60. The van der Waals surface area contributed by atoms with E-state index in [-0.39, 0.29) is 0 Å². The summed E-state index contributed by atoms with van der Waals surface area (Å²) >= 11 is 0. The number of hydrogen-bond acceptors (Lipinski definition) is 7. The maximum Gasteiger partial charge on any atom is 0.400 e. The molecule has 1 heterocycles. The van der Waals surface area contributed by atoms with E-state index in [1.54, 1.807) is 0 Å². The number of ether oxygens (including phenoxy) is 1. The molecule has 0 unspecified atom stereocenters. The summed E-state index contributed by atoms with van der Waals surface area (Å²) in [6.45, 7) is -0.628. The van der Waals surface area contributed by atoms with E-state index < -0.39 is 41.6 Å². The van der Waals surface area contributed by atoms with Gasteiger partial charge < -0.3 is 20.1 Å². The van der Waals surface area contributed by atoms with E-state index in [1.807, 2.05) is 0 Å². The summed E-state index contributed by atoms with van der Waals surface area (Å²) in [5.74, 6) is 0. The van der Waals surface area contributed by atoms with Gasteiger partial charge in [-0.1, -0.05) is 0 Å². The van der Waals surface area contributed by atoms with Crippen LogP contribution in [-0.4, -0.2) is 53.2 Å². The van der Waals surface area contributed by atoms with Crippen molar-refractivity contribution in [2.75, 3.05) is 6.61 Å². The van der Waals surface area contributed by atoms with Gasteiger partial charge in [-0.05, 0) is 0 Å². The topological polar surface area (TPSA) is 134 Å². The van der Waals surface area contributed by atoms with Gasteiger partial charge >= 0.3 is 10.4 Å². The third-order valence-corrected chi connectivity index (χ3v) is 1.96. The largest absolute Gasteiger partial charge is 0.400 e. The van der Waals surface area contributed by atoms with Crippen LogP contribution in [0.5, 0.6) is 0 Å². The van der Waals surface area contributed by atoms with Crippen LogP contribution in [0.2, 0.25) is 0 Å². The van der Waals surface area contributed by atoms with Crippen molar-refractivity contribution in [3.8, 4) is 0 Å². The second kappa shape index (κ2) is 4.06. The van der Waals surface area contributed by atoms with Crippen molar-refractivity contribution in [1.29, 1.82) is 0 Å². The molecule has 0 spiro atoms. The highest BCUT2D eigenvalue weighted by Crippen LogP contribution is 2.28. The highest BCUT2D eigenvalue weighted by atomic mass is 32.3. The molecule has 1 rings (SSSR count). The van der Waals surface area contributed by atoms with Crippen molar-refractivity contribution in [1.82, 2.24) is 0 Å². The van der Waals surface area contributed by atoms with Gasteiger partial charge in [0.15, 0.2) is 0 Å². The van der Waals surface area contributed by atoms with Crippen LogP contribution >= 0.6 is 0 Å². The molecule has 0 saturated carbocycles. The summed E-state index contributed by atoms with van der Waals surface area (Å²) in [4.78, 5) is 0. The summed E-state index contributed by atoms with van der Waals surface area (Å²) in [6, 6.07) is 0. The number of hydrogen-bond donors (Lipinski definition) is 4. The molecule has 1 aliphatic rings. The Kier molecular flexibility index (Phi) is 3.42. The van der Waals surface area contributed by atoms with Crippen molar-refractivity contribution in [2.45, 2.75) is 18.3 Å². The summed E-state index contributed by atoms with van der Waals surface area (Å²) in [5.41, 5.74) is 0. The Balaban J connectivity index is 2.66. The van der Waals surface area contributed by atoms with Crippen LogP contribution < -0.4 is 0 Å². The zero-order chi connectivity index (χ0) is 10.9. The van der Waals surface area contributed by atoms with E-state index in [2.05, 4.69) is 8.92 Å². The predicted octanol–water partition coefficient (Wildman–Crippen LogP) is -2.59. The first-order valence-electron chi connectivity index (χ1n) is 3.52. The third-order valence-electron chi connectivity index (χ3n) is 1.58. The van der Waals surface area contributed by atoms with Gasteiger partial charge in [0.1, 0.15) is 18.3 Å². The molecule has 0 amide bonds. The van der Waals surface area contributed by atoms with Crippen molar-refractivity contribution >= 4 is 10.4 Å². The first-order chi connectivity index (χ1) is 6.35.